The molecule has 0 aromatic heterocycles. The van der Waals surface area contributed by atoms with E-state index in [4.69, 9.17) is 4.74 Å². The molecule has 2 aromatic carbocycles. The quantitative estimate of drug-likeness (QED) is 0.726. The van der Waals surface area contributed by atoms with Gasteiger partial charge >= 0.3 is 0 Å². The second-order valence-electron chi connectivity index (χ2n) is 3.94. The van der Waals surface area contributed by atoms with Crippen LogP contribution in [0.4, 0.5) is 8.78 Å². The van der Waals surface area contributed by atoms with Gasteiger partial charge in [0.15, 0.2) is 0 Å². The van der Waals surface area contributed by atoms with Gasteiger partial charge in [0.05, 0.1) is 0 Å². The maximum atomic E-state index is 13.4. The van der Waals surface area contributed by atoms with Gasteiger partial charge in [-0.15, -0.1) is 0 Å². The standard InChI is InChI=1S/C14H9F2O/c15-11-3-1-2-9(6-11)13-8-12(16)7-10-4-5-17-14(10)13/h1-3,5-8H,4H2. The van der Waals surface area contributed by atoms with Crippen molar-refractivity contribution in [1.82, 2.24) is 0 Å². The number of hydrogen-bond donors (Lipinski definition) is 0. The molecule has 0 N–H and O–H groups in total. The van der Waals surface area contributed by atoms with Gasteiger partial charge < -0.3 is 4.74 Å². The molecule has 0 unspecified atom stereocenters. The van der Waals surface area contributed by atoms with E-state index in [1.54, 1.807) is 18.7 Å². The Hall–Kier alpha value is -1.90. The van der Waals surface area contributed by atoms with Crippen molar-refractivity contribution < 1.29 is 13.5 Å². The Balaban J connectivity index is 2.21. The lowest BCUT2D eigenvalue weighted by molar-refractivity contribution is 0.436. The first kappa shape index (κ1) is 10.3. The molecule has 1 heterocycles. The highest BCUT2D eigenvalue weighted by Crippen LogP contribution is 2.38. The average molecular weight is 231 g/mol. The van der Waals surface area contributed by atoms with Gasteiger partial charge in [-0.3, -0.25) is 0 Å². The molecule has 0 saturated heterocycles. The van der Waals surface area contributed by atoms with Crippen molar-refractivity contribution in [1.29, 1.82) is 0 Å². The Bertz CT molecular complexity index is 578. The van der Waals surface area contributed by atoms with E-state index in [1.807, 2.05) is 0 Å². The van der Waals surface area contributed by atoms with Gasteiger partial charge in [0.25, 0.3) is 0 Å². The molecule has 3 heteroatoms. The number of rotatable bonds is 1. The second-order valence-corrected chi connectivity index (χ2v) is 3.94. The third kappa shape index (κ3) is 1.78. The van der Waals surface area contributed by atoms with Crippen molar-refractivity contribution in [3.05, 3.63) is 60.2 Å². The third-order valence-electron chi connectivity index (χ3n) is 2.77. The predicted octanol–water partition coefficient (Wildman–Crippen LogP) is 3.73. The molecule has 0 saturated carbocycles. The maximum Gasteiger partial charge on any atom is 0.140 e. The molecule has 2 aromatic rings. The number of hydrogen-bond acceptors (Lipinski definition) is 1. The number of fused-ring (bicyclic) bond motifs is 1. The lowest BCUT2D eigenvalue weighted by Crippen LogP contribution is -1.88. The summed E-state index contributed by atoms with van der Waals surface area (Å²) in [7, 11) is 0. The number of halogens is 2. The smallest absolute Gasteiger partial charge is 0.140 e. The van der Waals surface area contributed by atoms with Crippen LogP contribution >= 0.6 is 0 Å². The fourth-order valence-electron chi connectivity index (χ4n) is 2.03. The summed E-state index contributed by atoms with van der Waals surface area (Å²) in [5.74, 6) is -0.0543. The first-order valence-corrected chi connectivity index (χ1v) is 5.31. The molecular weight excluding hydrogens is 222 g/mol. The second kappa shape index (κ2) is 3.84. The molecule has 1 nitrogen and oxygen atoms in total. The monoisotopic (exact) mass is 231 g/mol. The van der Waals surface area contributed by atoms with Crippen LogP contribution in [0.5, 0.6) is 5.75 Å². The Morgan fingerprint density at radius 2 is 1.88 bits per heavy atom. The summed E-state index contributed by atoms with van der Waals surface area (Å²) in [5, 5.41) is 0. The molecule has 0 atom stereocenters. The van der Waals surface area contributed by atoms with Gasteiger partial charge in [-0.25, -0.2) is 8.78 Å². The van der Waals surface area contributed by atoms with Gasteiger partial charge in [0.2, 0.25) is 0 Å². The average Bonchev–Trinajstić information content (AvgIpc) is 2.75. The zero-order chi connectivity index (χ0) is 11.8. The first-order chi connectivity index (χ1) is 8.24. The van der Waals surface area contributed by atoms with E-state index >= 15 is 0 Å². The lowest BCUT2D eigenvalue weighted by atomic mass is 10.0. The van der Waals surface area contributed by atoms with Crippen molar-refractivity contribution in [2.24, 2.45) is 0 Å². The zero-order valence-corrected chi connectivity index (χ0v) is 8.91. The normalized spacial score (nSPS) is 13.3. The Labute approximate surface area is 97.7 Å². The van der Waals surface area contributed by atoms with E-state index in [-0.39, 0.29) is 11.6 Å². The summed E-state index contributed by atoms with van der Waals surface area (Å²) < 4.78 is 32.0. The van der Waals surface area contributed by atoms with Gasteiger partial charge in [-0.05, 0) is 29.8 Å². The van der Waals surface area contributed by atoms with Crippen LogP contribution in [0.25, 0.3) is 11.1 Å². The first-order valence-electron chi connectivity index (χ1n) is 5.31. The van der Waals surface area contributed by atoms with Crippen molar-refractivity contribution in [3.63, 3.8) is 0 Å². The zero-order valence-electron chi connectivity index (χ0n) is 8.91. The third-order valence-corrected chi connectivity index (χ3v) is 2.77. The molecule has 85 valence electrons. The molecular formula is C14H9F2O. The highest BCUT2D eigenvalue weighted by molar-refractivity contribution is 5.73. The van der Waals surface area contributed by atoms with Crippen LogP contribution in [0, 0.1) is 18.2 Å². The molecule has 0 aliphatic carbocycles. The molecule has 3 rings (SSSR count). The molecule has 1 aliphatic rings. The van der Waals surface area contributed by atoms with E-state index in [0.29, 0.717) is 23.3 Å². The predicted molar refractivity (Wildman–Crippen MR) is 60.4 cm³/mol. The molecule has 1 aliphatic heterocycles. The van der Waals surface area contributed by atoms with Crippen LogP contribution < -0.4 is 4.74 Å². The van der Waals surface area contributed by atoms with E-state index in [9.17, 15) is 8.78 Å². The Morgan fingerprint density at radius 1 is 1.00 bits per heavy atom. The summed E-state index contributed by atoms with van der Waals surface area (Å²) in [6.07, 6.45) is 0.579. The molecule has 0 spiro atoms. The minimum absolute atomic E-state index is 0.332. The minimum Gasteiger partial charge on any atom is -0.485 e. The molecule has 1 radical (unpaired) electrons. The molecule has 0 fully saturated rings. The highest BCUT2D eigenvalue weighted by Gasteiger charge is 2.19. The number of ether oxygens (including phenoxy) is 1. The summed E-state index contributed by atoms with van der Waals surface area (Å²) in [5.41, 5.74) is 2.01. The van der Waals surface area contributed by atoms with Crippen LogP contribution in [-0.4, -0.2) is 0 Å². The summed E-state index contributed by atoms with van der Waals surface area (Å²) in [6.45, 7) is 1.62. The summed E-state index contributed by atoms with van der Waals surface area (Å²) in [6, 6.07) is 8.88. The minimum atomic E-state index is -0.345. The van der Waals surface area contributed by atoms with Gasteiger partial charge in [-0.1, -0.05) is 12.1 Å². The topological polar surface area (TPSA) is 9.23 Å². The van der Waals surface area contributed by atoms with E-state index in [1.165, 1.54) is 24.3 Å². The number of benzene rings is 2. The molecule has 0 amide bonds. The van der Waals surface area contributed by atoms with Crippen LogP contribution in [0.1, 0.15) is 5.56 Å². The molecule has 17 heavy (non-hydrogen) atoms. The van der Waals surface area contributed by atoms with E-state index < -0.39 is 0 Å². The highest BCUT2D eigenvalue weighted by atomic mass is 19.1. The van der Waals surface area contributed by atoms with Crippen molar-refractivity contribution >= 4 is 0 Å². The van der Waals surface area contributed by atoms with E-state index in [0.717, 1.165) is 5.56 Å². The summed E-state index contributed by atoms with van der Waals surface area (Å²) in [4.78, 5) is 0. The van der Waals surface area contributed by atoms with Gasteiger partial charge in [0.1, 0.15) is 24.0 Å². The van der Waals surface area contributed by atoms with Gasteiger partial charge in [0, 0.05) is 17.5 Å². The van der Waals surface area contributed by atoms with Crippen molar-refractivity contribution in [3.8, 4) is 16.9 Å². The fourth-order valence-corrected chi connectivity index (χ4v) is 2.03. The van der Waals surface area contributed by atoms with Crippen LogP contribution in [0.15, 0.2) is 36.4 Å². The van der Waals surface area contributed by atoms with Crippen LogP contribution in [-0.2, 0) is 6.42 Å². The fraction of sp³-hybridized carbons (Fsp3) is 0.0714. The van der Waals surface area contributed by atoms with Gasteiger partial charge in [-0.2, -0.15) is 0 Å². The maximum absolute atomic E-state index is 13.4. The van der Waals surface area contributed by atoms with Crippen LogP contribution in [0.3, 0.4) is 0 Å². The molecule has 0 bridgehead atoms. The van der Waals surface area contributed by atoms with Crippen molar-refractivity contribution in [2.75, 3.05) is 0 Å². The SMILES string of the molecule is Fc1cccc(-c2cc(F)cc3c2O[CH]C3)c1. The van der Waals surface area contributed by atoms with Crippen molar-refractivity contribution in [2.45, 2.75) is 6.42 Å². The largest absolute Gasteiger partial charge is 0.485 e. The summed E-state index contributed by atoms with van der Waals surface area (Å²) >= 11 is 0. The van der Waals surface area contributed by atoms with Crippen LogP contribution in [0.2, 0.25) is 0 Å². The Kier molecular flexibility index (Phi) is 2.32. The Morgan fingerprint density at radius 3 is 2.71 bits per heavy atom. The lowest BCUT2D eigenvalue weighted by Gasteiger charge is -2.08. The van der Waals surface area contributed by atoms with E-state index in [2.05, 4.69) is 0 Å².